The Morgan fingerprint density at radius 3 is 2.43 bits per heavy atom. The summed E-state index contributed by atoms with van der Waals surface area (Å²) in [6.07, 6.45) is -0.214. The van der Waals surface area contributed by atoms with Gasteiger partial charge in [-0.3, -0.25) is 0 Å². The SMILES string of the molecule is CN(CC1CN(C(=O)OC(C)(C)C)C1)c1ccc(N)cc1. The highest BCUT2D eigenvalue weighted by Gasteiger charge is 2.34. The van der Waals surface area contributed by atoms with Gasteiger partial charge in [0.15, 0.2) is 0 Å². The maximum atomic E-state index is 11.9. The molecule has 1 amide bonds. The smallest absolute Gasteiger partial charge is 0.410 e. The number of likely N-dealkylation sites (tertiary alicyclic amines) is 1. The summed E-state index contributed by atoms with van der Waals surface area (Å²) in [6.45, 7) is 8.09. The number of anilines is 2. The van der Waals surface area contributed by atoms with E-state index in [4.69, 9.17) is 10.5 Å². The van der Waals surface area contributed by atoms with Gasteiger partial charge in [0.1, 0.15) is 5.60 Å². The normalized spacial score (nSPS) is 15.5. The monoisotopic (exact) mass is 291 g/mol. The van der Waals surface area contributed by atoms with Gasteiger partial charge in [-0.25, -0.2) is 4.79 Å². The van der Waals surface area contributed by atoms with Crippen LogP contribution in [-0.2, 0) is 4.74 Å². The third-order valence-electron chi connectivity index (χ3n) is 3.47. The second-order valence-electron chi connectivity index (χ2n) is 6.72. The van der Waals surface area contributed by atoms with Gasteiger partial charge in [-0.15, -0.1) is 0 Å². The average molecular weight is 291 g/mol. The highest BCUT2D eigenvalue weighted by Crippen LogP contribution is 2.22. The van der Waals surface area contributed by atoms with Crippen LogP contribution < -0.4 is 10.6 Å². The van der Waals surface area contributed by atoms with E-state index in [-0.39, 0.29) is 6.09 Å². The molecule has 1 aromatic rings. The fourth-order valence-electron chi connectivity index (χ4n) is 2.38. The predicted octanol–water partition coefficient (Wildman–Crippen LogP) is 2.57. The third kappa shape index (κ3) is 4.28. The van der Waals surface area contributed by atoms with E-state index in [1.807, 2.05) is 45.0 Å². The van der Waals surface area contributed by atoms with Crippen molar-refractivity contribution in [3.8, 4) is 0 Å². The number of amides is 1. The van der Waals surface area contributed by atoms with Crippen LogP contribution in [0.3, 0.4) is 0 Å². The Balaban J connectivity index is 1.77. The van der Waals surface area contributed by atoms with Crippen LogP contribution in [0.1, 0.15) is 20.8 Å². The van der Waals surface area contributed by atoms with Crippen molar-refractivity contribution in [1.29, 1.82) is 0 Å². The number of ether oxygens (including phenoxy) is 1. The molecule has 0 spiro atoms. The van der Waals surface area contributed by atoms with Gasteiger partial charge in [0.2, 0.25) is 0 Å². The molecule has 0 unspecified atom stereocenters. The first-order valence-corrected chi connectivity index (χ1v) is 7.29. The molecule has 0 saturated carbocycles. The Hall–Kier alpha value is -1.91. The first-order valence-electron chi connectivity index (χ1n) is 7.29. The summed E-state index contributed by atoms with van der Waals surface area (Å²) in [5.41, 5.74) is 7.17. The molecule has 0 radical (unpaired) electrons. The number of carbonyl (C=O) groups is 1. The van der Waals surface area contributed by atoms with E-state index < -0.39 is 5.60 Å². The zero-order valence-electron chi connectivity index (χ0n) is 13.3. The van der Waals surface area contributed by atoms with Crippen LogP contribution in [0.4, 0.5) is 16.2 Å². The largest absolute Gasteiger partial charge is 0.444 e. The highest BCUT2D eigenvalue weighted by molar-refractivity contribution is 5.69. The number of hydrogen-bond acceptors (Lipinski definition) is 4. The van der Waals surface area contributed by atoms with Gasteiger partial charge in [-0.05, 0) is 45.0 Å². The minimum Gasteiger partial charge on any atom is -0.444 e. The fraction of sp³-hybridized carbons (Fsp3) is 0.562. The lowest BCUT2D eigenvalue weighted by Gasteiger charge is -2.41. The average Bonchev–Trinajstić information content (AvgIpc) is 2.31. The summed E-state index contributed by atoms with van der Waals surface area (Å²) in [4.78, 5) is 15.8. The van der Waals surface area contributed by atoms with E-state index >= 15 is 0 Å². The van der Waals surface area contributed by atoms with Crippen molar-refractivity contribution in [3.63, 3.8) is 0 Å². The molecule has 1 aliphatic heterocycles. The Kier molecular flexibility index (Phi) is 4.30. The summed E-state index contributed by atoms with van der Waals surface area (Å²) in [5.74, 6) is 0.486. The van der Waals surface area contributed by atoms with Crippen molar-refractivity contribution in [2.45, 2.75) is 26.4 Å². The fourth-order valence-corrected chi connectivity index (χ4v) is 2.38. The summed E-state index contributed by atoms with van der Waals surface area (Å²) < 4.78 is 5.35. The van der Waals surface area contributed by atoms with Crippen molar-refractivity contribution in [1.82, 2.24) is 4.90 Å². The van der Waals surface area contributed by atoms with Crippen molar-refractivity contribution in [3.05, 3.63) is 24.3 Å². The van der Waals surface area contributed by atoms with Gasteiger partial charge in [0, 0.05) is 44.0 Å². The molecular weight excluding hydrogens is 266 g/mol. The lowest BCUT2D eigenvalue weighted by Crippen LogP contribution is -2.54. The predicted molar refractivity (Wildman–Crippen MR) is 85.4 cm³/mol. The number of benzene rings is 1. The molecule has 21 heavy (non-hydrogen) atoms. The van der Waals surface area contributed by atoms with Crippen LogP contribution in [-0.4, -0.2) is 43.3 Å². The lowest BCUT2D eigenvalue weighted by molar-refractivity contribution is 0.000191. The molecule has 0 bridgehead atoms. The Morgan fingerprint density at radius 1 is 1.33 bits per heavy atom. The van der Waals surface area contributed by atoms with Crippen LogP contribution >= 0.6 is 0 Å². The number of hydrogen-bond donors (Lipinski definition) is 1. The maximum absolute atomic E-state index is 11.9. The van der Waals surface area contributed by atoms with Crippen LogP contribution in [0.5, 0.6) is 0 Å². The Labute approximate surface area is 126 Å². The first kappa shape index (κ1) is 15.5. The van der Waals surface area contributed by atoms with Gasteiger partial charge in [0.25, 0.3) is 0 Å². The van der Waals surface area contributed by atoms with Crippen molar-refractivity contribution in [2.75, 3.05) is 37.3 Å². The van der Waals surface area contributed by atoms with Crippen molar-refractivity contribution >= 4 is 17.5 Å². The minimum atomic E-state index is -0.428. The van der Waals surface area contributed by atoms with Crippen LogP contribution in [0.25, 0.3) is 0 Å². The molecule has 116 valence electrons. The van der Waals surface area contributed by atoms with Gasteiger partial charge in [-0.1, -0.05) is 0 Å². The molecular formula is C16H25N3O2. The summed E-state index contributed by atoms with van der Waals surface area (Å²) in [7, 11) is 2.06. The zero-order valence-corrected chi connectivity index (χ0v) is 13.3. The molecule has 1 aliphatic rings. The molecule has 0 atom stereocenters. The molecule has 5 heteroatoms. The number of nitrogens with two attached hydrogens (primary N) is 1. The number of carbonyl (C=O) groups excluding carboxylic acids is 1. The summed E-state index contributed by atoms with van der Waals surface area (Å²) >= 11 is 0. The minimum absolute atomic E-state index is 0.214. The molecule has 1 aromatic carbocycles. The standard InChI is InChI=1S/C16H25N3O2/c1-16(2,3)21-15(20)19-10-12(11-19)9-18(4)14-7-5-13(17)6-8-14/h5-8,12H,9-11,17H2,1-4H3. The Bertz CT molecular complexity index is 487. The van der Waals surface area contributed by atoms with Crippen LogP contribution in [0, 0.1) is 5.92 Å². The van der Waals surface area contributed by atoms with E-state index in [2.05, 4.69) is 11.9 Å². The van der Waals surface area contributed by atoms with Crippen LogP contribution in [0.15, 0.2) is 24.3 Å². The third-order valence-corrected chi connectivity index (χ3v) is 3.47. The number of nitrogen functional groups attached to an aromatic ring is 1. The topological polar surface area (TPSA) is 58.8 Å². The molecule has 5 nitrogen and oxygen atoms in total. The van der Waals surface area contributed by atoms with E-state index in [0.717, 1.165) is 31.0 Å². The van der Waals surface area contributed by atoms with E-state index in [0.29, 0.717) is 5.92 Å². The summed E-state index contributed by atoms with van der Waals surface area (Å²) in [5, 5.41) is 0. The molecule has 2 N–H and O–H groups in total. The van der Waals surface area contributed by atoms with Gasteiger partial charge in [-0.2, -0.15) is 0 Å². The molecule has 1 heterocycles. The van der Waals surface area contributed by atoms with Crippen molar-refractivity contribution in [2.24, 2.45) is 5.92 Å². The van der Waals surface area contributed by atoms with E-state index in [1.54, 1.807) is 4.90 Å². The van der Waals surface area contributed by atoms with Crippen LogP contribution in [0.2, 0.25) is 0 Å². The molecule has 1 fully saturated rings. The summed E-state index contributed by atoms with van der Waals surface area (Å²) in [6, 6.07) is 7.83. The van der Waals surface area contributed by atoms with Crippen molar-refractivity contribution < 1.29 is 9.53 Å². The quantitative estimate of drug-likeness (QED) is 0.870. The Morgan fingerprint density at radius 2 is 1.90 bits per heavy atom. The second kappa shape index (κ2) is 5.84. The van der Waals surface area contributed by atoms with E-state index in [9.17, 15) is 4.79 Å². The molecule has 0 aliphatic carbocycles. The second-order valence-corrected chi connectivity index (χ2v) is 6.72. The number of rotatable bonds is 3. The molecule has 2 rings (SSSR count). The zero-order chi connectivity index (χ0) is 15.6. The van der Waals surface area contributed by atoms with Gasteiger partial charge >= 0.3 is 6.09 Å². The van der Waals surface area contributed by atoms with E-state index in [1.165, 1.54) is 0 Å². The lowest BCUT2D eigenvalue weighted by atomic mass is 10.00. The number of nitrogens with zero attached hydrogens (tertiary/aromatic N) is 2. The maximum Gasteiger partial charge on any atom is 0.410 e. The molecule has 0 aromatic heterocycles. The first-order chi connectivity index (χ1) is 9.74. The van der Waals surface area contributed by atoms with Gasteiger partial charge < -0.3 is 20.3 Å². The highest BCUT2D eigenvalue weighted by atomic mass is 16.6. The molecule has 1 saturated heterocycles. The van der Waals surface area contributed by atoms with Gasteiger partial charge in [0.05, 0.1) is 0 Å².